The smallest absolute Gasteiger partial charge is 0.119 e. The molecule has 1 aromatic rings. The average molecular weight is 253 g/mol. The van der Waals surface area contributed by atoms with E-state index in [1.165, 1.54) is 0 Å². The van der Waals surface area contributed by atoms with E-state index in [1.54, 1.807) is 7.11 Å². The first-order valence-corrected chi connectivity index (χ1v) is 7.38. The summed E-state index contributed by atoms with van der Waals surface area (Å²) < 4.78 is 17.2. The Morgan fingerprint density at radius 2 is 2.35 bits per heavy atom. The second-order valence-electron chi connectivity index (χ2n) is 4.25. The monoisotopic (exact) mass is 253 g/mol. The summed E-state index contributed by atoms with van der Waals surface area (Å²) >= 11 is 0. The van der Waals surface area contributed by atoms with Crippen LogP contribution in [0.25, 0.3) is 0 Å². The summed E-state index contributed by atoms with van der Waals surface area (Å²) in [6, 6.07) is 6.15. The van der Waals surface area contributed by atoms with Crippen LogP contribution in [0.1, 0.15) is 31.4 Å². The maximum atomic E-state index is 11.9. The summed E-state index contributed by atoms with van der Waals surface area (Å²) in [7, 11) is 0.816. The van der Waals surface area contributed by atoms with Crippen LogP contribution in [0, 0.1) is 0 Å². The number of rotatable bonds is 4. The maximum absolute atomic E-state index is 11.9. The van der Waals surface area contributed by atoms with Gasteiger partial charge in [0.05, 0.1) is 17.9 Å². The molecule has 0 radical (unpaired) electrons. The van der Waals surface area contributed by atoms with Crippen molar-refractivity contribution in [3.05, 3.63) is 23.8 Å². The minimum atomic E-state index is -0.847. The number of hydrogen-bond acceptors (Lipinski definition) is 3. The molecule has 1 N–H and O–H groups in total. The number of nitrogens with one attached hydrogen (secondary N) is 1. The number of hydrogen-bond donors (Lipinski definition) is 1. The SMILES string of the molecule is CCCNC1CCS(=O)c2ccc(OC)cc21. The minimum absolute atomic E-state index is 0.317. The molecule has 0 aromatic heterocycles. The lowest BCUT2D eigenvalue weighted by Gasteiger charge is -2.26. The van der Waals surface area contributed by atoms with Crippen LogP contribution in [0.3, 0.4) is 0 Å². The van der Waals surface area contributed by atoms with E-state index in [2.05, 4.69) is 12.2 Å². The molecule has 0 saturated heterocycles. The highest BCUT2D eigenvalue weighted by Crippen LogP contribution is 2.32. The van der Waals surface area contributed by atoms with Crippen LogP contribution < -0.4 is 10.1 Å². The lowest BCUT2D eigenvalue weighted by Crippen LogP contribution is -2.28. The van der Waals surface area contributed by atoms with Gasteiger partial charge in [-0.1, -0.05) is 6.92 Å². The fraction of sp³-hybridized carbons (Fsp3) is 0.538. The van der Waals surface area contributed by atoms with Crippen LogP contribution in [-0.4, -0.2) is 23.6 Å². The topological polar surface area (TPSA) is 38.3 Å². The second kappa shape index (κ2) is 5.65. The van der Waals surface area contributed by atoms with Gasteiger partial charge in [-0.05, 0) is 43.1 Å². The van der Waals surface area contributed by atoms with Crippen LogP contribution in [0.2, 0.25) is 0 Å². The first-order valence-electron chi connectivity index (χ1n) is 6.06. The predicted octanol–water partition coefficient (Wildman–Crippen LogP) is 2.25. The summed E-state index contributed by atoms with van der Waals surface area (Å²) in [6.07, 6.45) is 2.05. The first-order chi connectivity index (χ1) is 8.26. The number of methoxy groups -OCH3 is 1. The van der Waals surface area contributed by atoms with E-state index in [9.17, 15) is 4.21 Å². The fourth-order valence-electron chi connectivity index (χ4n) is 2.15. The fourth-order valence-corrected chi connectivity index (χ4v) is 3.51. The van der Waals surface area contributed by atoms with Crippen LogP contribution in [0.5, 0.6) is 5.75 Å². The minimum Gasteiger partial charge on any atom is -0.497 e. The predicted molar refractivity (Wildman–Crippen MR) is 69.9 cm³/mol. The van der Waals surface area contributed by atoms with E-state index in [-0.39, 0.29) is 0 Å². The number of ether oxygens (including phenoxy) is 1. The molecule has 0 bridgehead atoms. The Kier molecular flexibility index (Phi) is 4.18. The first kappa shape index (κ1) is 12.6. The van der Waals surface area contributed by atoms with Crippen LogP contribution in [0.15, 0.2) is 23.1 Å². The van der Waals surface area contributed by atoms with Crippen molar-refractivity contribution in [2.24, 2.45) is 0 Å². The Morgan fingerprint density at radius 1 is 1.53 bits per heavy atom. The molecule has 3 nitrogen and oxygen atoms in total. The standard InChI is InChI=1S/C13H19NO2S/c1-3-7-14-12-6-8-17(15)13-5-4-10(16-2)9-11(12)13/h4-5,9,12,14H,3,6-8H2,1-2H3. The third-order valence-corrected chi connectivity index (χ3v) is 4.54. The maximum Gasteiger partial charge on any atom is 0.119 e. The molecule has 17 heavy (non-hydrogen) atoms. The highest BCUT2D eigenvalue weighted by atomic mass is 32.2. The second-order valence-corrected chi connectivity index (χ2v) is 5.79. The summed E-state index contributed by atoms with van der Waals surface area (Å²) in [6.45, 7) is 3.15. The van der Waals surface area contributed by atoms with Gasteiger partial charge in [0.15, 0.2) is 0 Å². The number of benzene rings is 1. The van der Waals surface area contributed by atoms with Gasteiger partial charge in [0.25, 0.3) is 0 Å². The quantitative estimate of drug-likeness (QED) is 0.894. The molecule has 4 heteroatoms. The summed E-state index contributed by atoms with van der Waals surface area (Å²) in [5.74, 6) is 1.59. The van der Waals surface area contributed by atoms with Crippen molar-refractivity contribution in [3.8, 4) is 5.75 Å². The van der Waals surface area contributed by atoms with Gasteiger partial charge in [-0.3, -0.25) is 4.21 Å². The van der Waals surface area contributed by atoms with Gasteiger partial charge in [0.2, 0.25) is 0 Å². The Bertz CT molecular complexity index is 420. The molecule has 1 aliphatic heterocycles. The normalized spacial score (nSPS) is 23.2. The molecular formula is C13H19NO2S. The van der Waals surface area contributed by atoms with Crippen molar-refractivity contribution < 1.29 is 8.95 Å². The van der Waals surface area contributed by atoms with E-state index in [0.29, 0.717) is 6.04 Å². The van der Waals surface area contributed by atoms with Crippen molar-refractivity contribution in [3.63, 3.8) is 0 Å². The molecule has 0 aliphatic carbocycles. The van der Waals surface area contributed by atoms with Gasteiger partial charge in [-0.25, -0.2) is 0 Å². The van der Waals surface area contributed by atoms with Gasteiger partial charge in [0.1, 0.15) is 5.75 Å². The molecule has 0 fully saturated rings. The van der Waals surface area contributed by atoms with Crippen molar-refractivity contribution in [1.29, 1.82) is 0 Å². The Hall–Kier alpha value is -0.870. The van der Waals surface area contributed by atoms with E-state index in [4.69, 9.17) is 4.74 Å². The molecule has 1 aromatic carbocycles. The zero-order valence-electron chi connectivity index (χ0n) is 10.4. The molecule has 2 unspecified atom stereocenters. The highest BCUT2D eigenvalue weighted by molar-refractivity contribution is 7.85. The van der Waals surface area contributed by atoms with E-state index >= 15 is 0 Å². The lowest BCUT2D eigenvalue weighted by molar-refractivity contribution is 0.411. The van der Waals surface area contributed by atoms with Crippen LogP contribution >= 0.6 is 0 Å². The van der Waals surface area contributed by atoms with Crippen molar-refractivity contribution >= 4 is 10.8 Å². The lowest BCUT2D eigenvalue weighted by atomic mass is 10.0. The molecule has 2 atom stereocenters. The van der Waals surface area contributed by atoms with Crippen LogP contribution in [-0.2, 0) is 10.8 Å². The van der Waals surface area contributed by atoms with E-state index in [1.807, 2.05) is 18.2 Å². The van der Waals surface area contributed by atoms with Crippen molar-refractivity contribution in [2.75, 3.05) is 19.4 Å². The zero-order chi connectivity index (χ0) is 12.3. The Balaban J connectivity index is 2.31. The van der Waals surface area contributed by atoms with E-state index < -0.39 is 10.8 Å². The van der Waals surface area contributed by atoms with Crippen molar-refractivity contribution in [2.45, 2.75) is 30.7 Å². The molecule has 1 aliphatic rings. The van der Waals surface area contributed by atoms with Gasteiger partial charge in [-0.2, -0.15) is 0 Å². The summed E-state index contributed by atoms with van der Waals surface area (Å²) in [5, 5.41) is 3.51. The number of fused-ring (bicyclic) bond motifs is 1. The average Bonchev–Trinajstić information content (AvgIpc) is 2.37. The van der Waals surface area contributed by atoms with Gasteiger partial charge in [0, 0.05) is 16.7 Å². The molecular weight excluding hydrogens is 234 g/mol. The largest absolute Gasteiger partial charge is 0.497 e. The molecule has 1 heterocycles. The Labute approximate surface area is 105 Å². The molecule has 2 rings (SSSR count). The molecule has 94 valence electrons. The molecule has 0 spiro atoms. The van der Waals surface area contributed by atoms with Crippen LogP contribution in [0.4, 0.5) is 0 Å². The van der Waals surface area contributed by atoms with E-state index in [0.717, 1.165) is 41.3 Å². The zero-order valence-corrected chi connectivity index (χ0v) is 11.2. The van der Waals surface area contributed by atoms with Gasteiger partial charge >= 0.3 is 0 Å². The Morgan fingerprint density at radius 3 is 3.06 bits per heavy atom. The van der Waals surface area contributed by atoms with Crippen molar-refractivity contribution in [1.82, 2.24) is 5.32 Å². The molecule has 0 amide bonds. The highest BCUT2D eigenvalue weighted by Gasteiger charge is 2.24. The van der Waals surface area contributed by atoms with Gasteiger partial charge in [-0.15, -0.1) is 0 Å². The third kappa shape index (κ3) is 2.69. The molecule has 0 saturated carbocycles. The van der Waals surface area contributed by atoms with Gasteiger partial charge < -0.3 is 10.1 Å². The third-order valence-electron chi connectivity index (χ3n) is 3.07. The summed E-state index contributed by atoms with van der Waals surface area (Å²) in [4.78, 5) is 0.964. The summed E-state index contributed by atoms with van der Waals surface area (Å²) in [5.41, 5.74) is 1.14.